The molecule has 1 aromatic heterocycles. The number of anilines is 1. The fourth-order valence-electron chi connectivity index (χ4n) is 3.93. The molecule has 9 heteroatoms. The van der Waals surface area contributed by atoms with E-state index >= 15 is 0 Å². The van der Waals surface area contributed by atoms with Crippen molar-refractivity contribution in [1.82, 2.24) is 13.9 Å². The van der Waals surface area contributed by atoms with Crippen LogP contribution in [0, 0.1) is 5.82 Å². The van der Waals surface area contributed by atoms with Gasteiger partial charge >= 0.3 is 0 Å². The summed E-state index contributed by atoms with van der Waals surface area (Å²) in [6, 6.07) is 11.1. The zero-order valence-corrected chi connectivity index (χ0v) is 17.9. The van der Waals surface area contributed by atoms with Crippen molar-refractivity contribution in [3.8, 4) is 0 Å². The van der Waals surface area contributed by atoms with Crippen molar-refractivity contribution in [2.24, 2.45) is 0 Å². The van der Waals surface area contributed by atoms with Gasteiger partial charge in [0, 0.05) is 39.5 Å². The van der Waals surface area contributed by atoms with Crippen molar-refractivity contribution in [2.75, 3.05) is 25.5 Å². The van der Waals surface area contributed by atoms with Crippen LogP contribution < -0.4 is 4.90 Å². The molecule has 1 aliphatic rings. The van der Waals surface area contributed by atoms with Gasteiger partial charge in [0.15, 0.2) is 0 Å². The maximum absolute atomic E-state index is 14.2. The highest BCUT2D eigenvalue weighted by Gasteiger charge is 2.35. The smallest absolute Gasteiger partial charge is 0.242 e. The quantitative estimate of drug-likeness (QED) is 0.624. The number of amides is 1. The molecule has 1 saturated heterocycles. The number of para-hydroxylation sites is 1. The number of benzene rings is 2. The fourth-order valence-corrected chi connectivity index (χ4v) is 4.85. The molecule has 7 nitrogen and oxygen atoms in total. The molecular weight excluding hydrogens is 407 g/mol. The molecule has 0 spiro atoms. The lowest BCUT2D eigenvalue weighted by atomic mass is 10.1. The Hall–Kier alpha value is -2.78. The Morgan fingerprint density at radius 2 is 1.93 bits per heavy atom. The summed E-state index contributed by atoms with van der Waals surface area (Å²) in [5, 5.41) is 0. The number of halogens is 1. The van der Waals surface area contributed by atoms with E-state index in [-0.39, 0.29) is 28.8 Å². The third-order valence-corrected chi connectivity index (χ3v) is 7.29. The molecule has 0 bridgehead atoms. The van der Waals surface area contributed by atoms with Crippen LogP contribution in [0.4, 0.5) is 10.1 Å². The summed E-state index contributed by atoms with van der Waals surface area (Å²) >= 11 is 0. The van der Waals surface area contributed by atoms with E-state index in [9.17, 15) is 17.6 Å². The first-order chi connectivity index (χ1) is 14.2. The van der Waals surface area contributed by atoms with E-state index in [0.29, 0.717) is 24.4 Å². The fraction of sp³-hybridized carbons (Fsp3) is 0.333. The minimum Gasteiger partial charge on any atom is -0.328 e. The Morgan fingerprint density at radius 3 is 2.60 bits per heavy atom. The van der Waals surface area contributed by atoms with Crippen LogP contribution in [0.25, 0.3) is 11.0 Å². The second-order valence-corrected chi connectivity index (χ2v) is 9.66. The van der Waals surface area contributed by atoms with Crippen molar-refractivity contribution in [2.45, 2.75) is 30.7 Å². The number of carbonyl (C=O) groups excluding carboxylic acids is 1. The first-order valence-corrected chi connectivity index (χ1v) is 11.2. The topological polar surface area (TPSA) is 75.5 Å². The van der Waals surface area contributed by atoms with Crippen molar-refractivity contribution in [3.05, 3.63) is 54.1 Å². The van der Waals surface area contributed by atoms with Crippen LogP contribution in [0.3, 0.4) is 0 Å². The zero-order valence-electron chi connectivity index (χ0n) is 17.0. The summed E-state index contributed by atoms with van der Waals surface area (Å²) in [5.41, 5.74) is 1.64. The molecule has 2 heterocycles. The molecule has 1 fully saturated rings. The van der Waals surface area contributed by atoms with E-state index in [4.69, 9.17) is 4.98 Å². The van der Waals surface area contributed by atoms with Crippen molar-refractivity contribution in [1.29, 1.82) is 0 Å². The van der Waals surface area contributed by atoms with Crippen LogP contribution in [-0.4, -0.2) is 48.8 Å². The number of imidazole rings is 1. The van der Waals surface area contributed by atoms with Crippen LogP contribution in [0.1, 0.15) is 25.1 Å². The second kappa shape index (κ2) is 7.48. The number of rotatable bonds is 5. The van der Waals surface area contributed by atoms with Crippen molar-refractivity contribution >= 4 is 32.7 Å². The average Bonchev–Trinajstić information content (AvgIpc) is 3.27. The van der Waals surface area contributed by atoms with Gasteiger partial charge in [-0.25, -0.2) is 22.1 Å². The lowest BCUT2D eigenvalue weighted by Crippen LogP contribution is -2.25. The average molecular weight is 431 g/mol. The molecule has 0 radical (unpaired) electrons. The molecule has 2 aromatic carbocycles. The summed E-state index contributed by atoms with van der Waals surface area (Å²) < 4.78 is 42.3. The van der Waals surface area contributed by atoms with Gasteiger partial charge in [-0.2, -0.15) is 0 Å². The van der Waals surface area contributed by atoms with Gasteiger partial charge in [-0.3, -0.25) is 4.79 Å². The molecule has 0 N–H and O–H groups in total. The van der Waals surface area contributed by atoms with E-state index < -0.39 is 15.8 Å². The van der Waals surface area contributed by atoms with Gasteiger partial charge in [0.05, 0.1) is 21.6 Å². The van der Waals surface area contributed by atoms with Gasteiger partial charge < -0.3 is 9.47 Å². The standard InChI is InChI=1S/C21H23FN4O3S/c1-4-25-19-10-9-15(30(28,29)24(2)3)12-17(19)23-21(25)14-11-20(27)26(13-14)18-8-6-5-7-16(18)22/h5-10,12,14H,4,11,13H2,1-3H3. The van der Waals surface area contributed by atoms with Crippen LogP contribution >= 0.6 is 0 Å². The lowest BCUT2D eigenvalue weighted by molar-refractivity contribution is -0.117. The van der Waals surface area contributed by atoms with E-state index in [1.165, 1.54) is 25.1 Å². The number of hydrogen-bond acceptors (Lipinski definition) is 4. The molecule has 3 aromatic rings. The summed E-state index contributed by atoms with van der Waals surface area (Å²) in [7, 11) is -0.610. The first kappa shape index (κ1) is 20.5. The Bertz CT molecular complexity index is 1240. The van der Waals surface area contributed by atoms with Gasteiger partial charge in [-0.15, -0.1) is 0 Å². The van der Waals surface area contributed by atoms with E-state index in [1.807, 2.05) is 11.5 Å². The van der Waals surface area contributed by atoms with E-state index in [0.717, 1.165) is 9.82 Å². The van der Waals surface area contributed by atoms with Gasteiger partial charge in [-0.1, -0.05) is 12.1 Å². The SMILES string of the molecule is CCn1c(C2CC(=O)N(c3ccccc3F)C2)nc2cc(S(=O)(=O)N(C)C)ccc21. The molecule has 158 valence electrons. The molecule has 0 aliphatic carbocycles. The maximum atomic E-state index is 14.2. The zero-order chi connectivity index (χ0) is 21.6. The number of fused-ring (bicyclic) bond motifs is 1. The van der Waals surface area contributed by atoms with E-state index in [2.05, 4.69) is 0 Å². The summed E-state index contributed by atoms with van der Waals surface area (Å²) in [5.74, 6) is -0.0952. The van der Waals surface area contributed by atoms with Crippen LogP contribution in [-0.2, 0) is 21.4 Å². The molecule has 1 aliphatic heterocycles. The molecular formula is C21H23FN4O3S. The van der Waals surface area contributed by atoms with Gasteiger partial charge in [0.1, 0.15) is 11.6 Å². The third-order valence-electron chi connectivity index (χ3n) is 5.48. The summed E-state index contributed by atoms with van der Waals surface area (Å²) in [6.07, 6.45) is 0.223. The summed E-state index contributed by atoms with van der Waals surface area (Å²) in [6.45, 7) is 2.92. The number of hydrogen-bond donors (Lipinski definition) is 0. The number of sulfonamides is 1. The minimum absolute atomic E-state index is 0.157. The highest BCUT2D eigenvalue weighted by atomic mass is 32.2. The second-order valence-electron chi connectivity index (χ2n) is 7.51. The predicted molar refractivity (Wildman–Crippen MR) is 112 cm³/mol. The lowest BCUT2D eigenvalue weighted by Gasteiger charge is -2.17. The molecule has 4 rings (SSSR count). The summed E-state index contributed by atoms with van der Waals surface area (Å²) in [4.78, 5) is 18.9. The predicted octanol–water partition coefficient (Wildman–Crippen LogP) is 2.97. The highest BCUT2D eigenvalue weighted by molar-refractivity contribution is 7.89. The first-order valence-electron chi connectivity index (χ1n) is 9.71. The molecule has 30 heavy (non-hydrogen) atoms. The Kier molecular flexibility index (Phi) is 5.11. The molecule has 1 amide bonds. The van der Waals surface area contributed by atoms with Crippen LogP contribution in [0.5, 0.6) is 0 Å². The van der Waals surface area contributed by atoms with Crippen molar-refractivity contribution < 1.29 is 17.6 Å². The number of aryl methyl sites for hydroxylation is 1. The highest BCUT2D eigenvalue weighted by Crippen LogP contribution is 2.34. The molecule has 1 unspecified atom stereocenters. The largest absolute Gasteiger partial charge is 0.328 e. The number of aromatic nitrogens is 2. The Labute approximate surface area is 174 Å². The van der Waals surface area contributed by atoms with Crippen LogP contribution in [0.15, 0.2) is 47.4 Å². The Morgan fingerprint density at radius 1 is 1.20 bits per heavy atom. The monoisotopic (exact) mass is 430 g/mol. The third kappa shape index (κ3) is 3.27. The van der Waals surface area contributed by atoms with E-state index in [1.54, 1.807) is 36.4 Å². The van der Waals surface area contributed by atoms with Gasteiger partial charge in [-0.05, 0) is 37.3 Å². The minimum atomic E-state index is -3.58. The van der Waals surface area contributed by atoms with Gasteiger partial charge in [0.2, 0.25) is 15.9 Å². The molecule has 0 saturated carbocycles. The number of nitrogens with zero attached hydrogens (tertiary/aromatic N) is 4. The van der Waals surface area contributed by atoms with Crippen LogP contribution in [0.2, 0.25) is 0 Å². The Balaban J connectivity index is 1.74. The normalized spacial score (nSPS) is 17.4. The molecule has 1 atom stereocenters. The number of carbonyl (C=O) groups is 1. The maximum Gasteiger partial charge on any atom is 0.242 e. The van der Waals surface area contributed by atoms with Gasteiger partial charge in [0.25, 0.3) is 0 Å². The van der Waals surface area contributed by atoms with Crippen molar-refractivity contribution in [3.63, 3.8) is 0 Å².